The Labute approximate surface area is 165 Å². The molecule has 0 aromatic heterocycles. The molecule has 1 aromatic rings. The van der Waals surface area contributed by atoms with Crippen LogP contribution in [0.5, 0.6) is 0 Å². The molecular weight excluding hydrogens is 358 g/mol. The number of carbonyl (C=O) groups excluding carboxylic acids is 2. The zero-order valence-electron chi connectivity index (χ0n) is 16.5. The highest BCUT2D eigenvalue weighted by atomic mass is 16.6. The number of nitro benzene ring substituents is 1. The van der Waals surface area contributed by atoms with E-state index in [1.54, 1.807) is 19.1 Å². The molecular formula is C21H29N3O4. The zero-order chi connectivity index (χ0) is 20.1. The molecule has 3 rings (SSSR count). The molecule has 0 saturated heterocycles. The Hall–Kier alpha value is -2.44. The summed E-state index contributed by atoms with van der Waals surface area (Å²) in [4.78, 5) is 38.4. The molecule has 0 spiro atoms. The van der Waals surface area contributed by atoms with Gasteiger partial charge in [0.2, 0.25) is 0 Å². The SMILES string of the molecule is Cc1ccc(C(=O)N(C(=O)NC2CCCCC2)C2CCCCC2)cc1[N+](=O)[O-]. The van der Waals surface area contributed by atoms with Crippen molar-refractivity contribution in [2.75, 3.05) is 0 Å². The Morgan fingerprint density at radius 2 is 1.64 bits per heavy atom. The van der Waals surface area contributed by atoms with Gasteiger partial charge in [0.1, 0.15) is 0 Å². The lowest BCUT2D eigenvalue weighted by atomic mass is 9.93. The number of benzene rings is 1. The number of hydrogen-bond donors (Lipinski definition) is 1. The van der Waals surface area contributed by atoms with Crippen molar-refractivity contribution in [1.82, 2.24) is 10.2 Å². The monoisotopic (exact) mass is 387 g/mol. The van der Waals surface area contributed by atoms with Crippen molar-refractivity contribution < 1.29 is 14.5 Å². The van der Waals surface area contributed by atoms with E-state index < -0.39 is 10.8 Å². The minimum absolute atomic E-state index is 0.0952. The number of rotatable bonds is 4. The summed E-state index contributed by atoms with van der Waals surface area (Å²) < 4.78 is 0. The number of amides is 3. The maximum Gasteiger partial charge on any atom is 0.324 e. The second-order valence-electron chi connectivity index (χ2n) is 8.01. The molecule has 0 atom stereocenters. The normalized spacial score (nSPS) is 18.5. The number of carbonyl (C=O) groups is 2. The van der Waals surface area contributed by atoms with Gasteiger partial charge in [-0.15, -0.1) is 0 Å². The predicted octanol–water partition coefficient (Wildman–Crippen LogP) is 4.72. The zero-order valence-corrected chi connectivity index (χ0v) is 16.5. The van der Waals surface area contributed by atoms with Crippen molar-refractivity contribution in [2.45, 2.75) is 83.2 Å². The van der Waals surface area contributed by atoms with Crippen LogP contribution in [0.25, 0.3) is 0 Å². The Bertz CT molecular complexity index is 737. The summed E-state index contributed by atoms with van der Waals surface area (Å²) in [5, 5.41) is 14.3. The van der Waals surface area contributed by atoms with Gasteiger partial charge in [0.25, 0.3) is 11.6 Å². The van der Waals surface area contributed by atoms with Crippen molar-refractivity contribution in [3.05, 3.63) is 39.4 Å². The number of aryl methyl sites for hydroxylation is 1. The highest BCUT2D eigenvalue weighted by molar-refractivity contribution is 6.05. The van der Waals surface area contributed by atoms with E-state index in [1.165, 1.54) is 17.4 Å². The third-order valence-corrected chi connectivity index (χ3v) is 5.96. The molecule has 1 N–H and O–H groups in total. The van der Waals surface area contributed by atoms with Gasteiger partial charge in [-0.05, 0) is 38.7 Å². The summed E-state index contributed by atoms with van der Waals surface area (Å²) in [5.41, 5.74) is 0.598. The van der Waals surface area contributed by atoms with Gasteiger partial charge in [-0.3, -0.25) is 19.8 Å². The molecule has 2 aliphatic rings. The lowest BCUT2D eigenvalue weighted by molar-refractivity contribution is -0.385. The lowest BCUT2D eigenvalue weighted by Gasteiger charge is -2.34. The van der Waals surface area contributed by atoms with Crippen LogP contribution in [0.3, 0.4) is 0 Å². The predicted molar refractivity (Wildman–Crippen MR) is 106 cm³/mol. The maximum atomic E-state index is 13.3. The standard InChI is InChI=1S/C21H29N3O4/c1-15-12-13-16(14-19(15)24(27)28)20(25)23(18-10-6-3-7-11-18)21(26)22-17-8-4-2-5-9-17/h12-14,17-18H,2-11H2,1H3,(H,22,26). The molecule has 28 heavy (non-hydrogen) atoms. The summed E-state index contributed by atoms with van der Waals surface area (Å²) >= 11 is 0. The van der Waals surface area contributed by atoms with Gasteiger partial charge < -0.3 is 5.32 Å². The first kappa shape index (κ1) is 20.3. The average molecular weight is 387 g/mol. The first-order valence-corrected chi connectivity index (χ1v) is 10.4. The van der Waals surface area contributed by atoms with Crippen LogP contribution in [0.1, 0.15) is 80.1 Å². The Morgan fingerprint density at radius 3 is 2.25 bits per heavy atom. The number of nitrogens with zero attached hydrogens (tertiary/aromatic N) is 2. The quantitative estimate of drug-likeness (QED) is 0.597. The van der Waals surface area contributed by atoms with Gasteiger partial charge in [-0.25, -0.2) is 4.79 Å². The number of nitro groups is 1. The topological polar surface area (TPSA) is 92.6 Å². The van der Waals surface area contributed by atoms with Gasteiger partial charge >= 0.3 is 6.03 Å². The Kier molecular flexibility index (Phi) is 6.65. The number of imide groups is 1. The third kappa shape index (κ3) is 4.69. The van der Waals surface area contributed by atoms with Crippen molar-refractivity contribution in [3.8, 4) is 0 Å². The molecule has 152 valence electrons. The molecule has 2 fully saturated rings. The number of urea groups is 1. The van der Waals surface area contributed by atoms with Crippen molar-refractivity contribution in [1.29, 1.82) is 0 Å². The maximum absolute atomic E-state index is 13.3. The van der Waals surface area contributed by atoms with E-state index in [-0.39, 0.29) is 29.4 Å². The van der Waals surface area contributed by atoms with E-state index in [0.29, 0.717) is 5.56 Å². The molecule has 7 nitrogen and oxygen atoms in total. The Balaban J connectivity index is 1.85. The molecule has 3 amide bonds. The molecule has 7 heteroatoms. The first-order chi connectivity index (χ1) is 13.5. The van der Waals surface area contributed by atoms with Crippen LogP contribution in [0.4, 0.5) is 10.5 Å². The summed E-state index contributed by atoms with van der Waals surface area (Å²) in [6.07, 6.45) is 9.90. The van der Waals surface area contributed by atoms with Crippen molar-refractivity contribution >= 4 is 17.6 Å². The fourth-order valence-electron chi connectivity index (χ4n) is 4.33. The van der Waals surface area contributed by atoms with E-state index in [4.69, 9.17) is 0 Å². The number of hydrogen-bond acceptors (Lipinski definition) is 4. The molecule has 2 saturated carbocycles. The van der Waals surface area contributed by atoms with Gasteiger partial charge in [0, 0.05) is 29.3 Å². The Morgan fingerprint density at radius 1 is 1.04 bits per heavy atom. The van der Waals surface area contributed by atoms with Gasteiger partial charge in [0.15, 0.2) is 0 Å². The smallest absolute Gasteiger partial charge is 0.324 e. The van der Waals surface area contributed by atoms with E-state index in [9.17, 15) is 19.7 Å². The lowest BCUT2D eigenvalue weighted by Crippen LogP contribution is -2.52. The summed E-state index contributed by atoms with van der Waals surface area (Å²) in [7, 11) is 0. The van der Waals surface area contributed by atoms with Crippen LogP contribution in [0, 0.1) is 17.0 Å². The second-order valence-corrected chi connectivity index (χ2v) is 8.01. The van der Waals surface area contributed by atoms with Crippen molar-refractivity contribution in [3.63, 3.8) is 0 Å². The molecule has 0 radical (unpaired) electrons. The molecule has 2 aliphatic carbocycles. The highest BCUT2D eigenvalue weighted by Gasteiger charge is 2.33. The first-order valence-electron chi connectivity index (χ1n) is 10.4. The third-order valence-electron chi connectivity index (χ3n) is 5.96. The van der Waals surface area contributed by atoms with Crippen LogP contribution in [-0.4, -0.2) is 33.8 Å². The van der Waals surface area contributed by atoms with Gasteiger partial charge in [-0.2, -0.15) is 0 Å². The minimum atomic E-state index is -0.487. The van der Waals surface area contributed by atoms with Gasteiger partial charge in [0.05, 0.1) is 4.92 Å². The van der Waals surface area contributed by atoms with E-state index in [0.717, 1.165) is 57.8 Å². The summed E-state index contributed by atoms with van der Waals surface area (Å²) in [6.45, 7) is 1.64. The van der Waals surface area contributed by atoms with Crippen LogP contribution in [0.2, 0.25) is 0 Å². The molecule has 0 heterocycles. The van der Waals surface area contributed by atoms with Crippen LogP contribution in [-0.2, 0) is 0 Å². The fraction of sp³-hybridized carbons (Fsp3) is 0.619. The molecule has 1 aromatic carbocycles. The van der Waals surface area contributed by atoms with Crippen LogP contribution < -0.4 is 5.32 Å². The van der Waals surface area contributed by atoms with Crippen molar-refractivity contribution in [2.24, 2.45) is 0 Å². The van der Waals surface area contributed by atoms with Crippen LogP contribution in [0.15, 0.2) is 18.2 Å². The summed E-state index contributed by atoms with van der Waals surface area (Å²) in [6, 6.07) is 4.05. The molecule has 0 unspecified atom stereocenters. The molecule has 0 aliphatic heterocycles. The van der Waals surface area contributed by atoms with E-state index >= 15 is 0 Å². The largest absolute Gasteiger partial charge is 0.335 e. The average Bonchev–Trinajstić information content (AvgIpc) is 2.69. The fourth-order valence-corrected chi connectivity index (χ4v) is 4.33. The number of nitrogens with one attached hydrogen (secondary N) is 1. The van der Waals surface area contributed by atoms with E-state index in [2.05, 4.69) is 5.32 Å². The second kappa shape index (κ2) is 9.17. The molecule has 0 bridgehead atoms. The van der Waals surface area contributed by atoms with E-state index in [1.807, 2.05) is 0 Å². The van der Waals surface area contributed by atoms with Gasteiger partial charge in [-0.1, -0.05) is 44.6 Å². The highest BCUT2D eigenvalue weighted by Crippen LogP contribution is 2.27. The minimum Gasteiger partial charge on any atom is -0.335 e. The summed E-state index contributed by atoms with van der Waals surface area (Å²) in [5.74, 6) is -0.441. The van der Waals surface area contributed by atoms with Crippen LogP contribution >= 0.6 is 0 Å².